The van der Waals surface area contributed by atoms with Crippen LogP contribution in [0.1, 0.15) is 25.7 Å². The van der Waals surface area contributed by atoms with Crippen LogP contribution < -0.4 is 0 Å². The van der Waals surface area contributed by atoms with Crippen LogP contribution >= 0.6 is 11.8 Å². The van der Waals surface area contributed by atoms with Crippen LogP contribution in [-0.2, 0) is 4.79 Å². The molecule has 1 aliphatic heterocycles. The topological polar surface area (TPSA) is 37.3 Å². The van der Waals surface area contributed by atoms with Gasteiger partial charge in [-0.15, -0.1) is 11.8 Å². The molecule has 12 heavy (non-hydrogen) atoms. The van der Waals surface area contributed by atoms with E-state index in [-0.39, 0.29) is 5.25 Å². The maximum absolute atomic E-state index is 10.8. The molecule has 0 bridgehead atoms. The Bertz CT molecular complexity index is 193. The highest BCUT2D eigenvalue weighted by Gasteiger charge is 2.41. The van der Waals surface area contributed by atoms with E-state index in [0.29, 0.717) is 11.8 Å². The Hall–Kier alpha value is -0.180. The van der Waals surface area contributed by atoms with E-state index in [4.69, 9.17) is 5.11 Å². The minimum absolute atomic E-state index is 0.0877. The lowest BCUT2D eigenvalue weighted by molar-refractivity contribution is -0.137. The molecule has 1 saturated carbocycles. The molecule has 1 aliphatic carbocycles. The maximum Gasteiger partial charge on any atom is 0.316 e. The molecule has 0 aromatic rings. The van der Waals surface area contributed by atoms with E-state index in [2.05, 4.69) is 0 Å². The van der Waals surface area contributed by atoms with Gasteiger partial charge in [0.25, 0.3) is 0 Å². The third-order valence-electron chi connectivity index (χ3n) is 3.09. The summed E-state index contributed by atoms with van der Waals surface area (Å²) in [7, 11) is 0. The first-order valence-electron chi connectivity index (χ1n) is 4.63. The fourth-order valence-electron chi connectivity index (χ4n) is 2.45. The number of fused-ring (bicyclic) bond motifs is 1. The average molecular weight is 186 g/mol. The van der Waals surface area contributed by atoms with Crippen LogP contribution in [0.2, 0.25) is 0 Å². The minimum Gasteiger partial charge on any atom is -0.480 e. The Morgan fingerprint density at radius 2 is 2.08 bits per heavy atom. The van der Waals surface area contributed by atoms with Crippen molar-refractivity contribution in [2.45, 2.75) is 30.9 Å². The predicted octanol–water partition coefficient (Wildman–Crippen LogP) is 1.99. The van der Waals surface area contributed by atoms with Gasteiger partial charge >= 0.3 is 5.97 Å². The molecule has 1 heterocycles. The van der Waals surface area contributed by atoms with Crippen LogP contribution in [0.15, 0.2) is 0 Å². The highest BCUT2D eigenvalue weighted by molar-refractivity contribution is 8.00. The van der Waals surface area contributed by atoms with Gasteiger partial charge in [-0.3, -0.25) is 4.79 Å². The van der Waals surface area contributed by atoms with Crippen molar-refractivity contribution in [1.82, 2.24) is 0 Å². The van der Waals surface area contributed by atoms with Gasteiger partial charge in [-0.25, -0.2) is 0 Å². The molecular formula is C9H14O2S. The van der Waals surface area contributed by atoms with Gasteiger partial charge in [0, 0.05) is 0 Å². The van der Waals surface area contributed by atoms with Crippen molar-refractivity contribution in [3.05, 3.63) is 0 Å². The lowest BCUT2D eigenvalue weighted by Crippen LogP contribution is -2.28. The summed E-state index contributed by atoms with van der Waals surface area (Å²) in [5, 5.41) is 8.84. The zero-order valence-electron chi connectivity index (χ0n) is 7.03. The van der Waals surface area contributed by atoms with Gasteiger partial charge in [-0.2, -0.15) is 0 Å². The quantitative estimate of drug-likeness (QED) is 0.680. The van der Waals surface area contributed by atoms with E-state index in [1.165, 1.54) is 19.3 Å². The van der Waals surface area contributed by atoms with Crippen molar-refractivity contribution < 1.29 is 9.90 Å². The van der Waals surface area contributed by atoms with Crippen LogP contribution in [0, 0.1) is 11.8 Å². The second-order valence-electron chi connectivity index (χ2n) is 3.80. The molecule has 0 amide bonds. The van der Waals surface area contributed by atoms with Crippen LogP contribution in [0.25, 0.3) is 0 Å². The fraction of sp³-hybridized carbons (Fsp3) is 0.889. The number of carboxylic acid groups (broad SMARTS) is 1. The molecule has 1 N–H and O–H groups in total. The first-order valence-corrected chi connectivity index (χ1v) is 5.68. The number of hydrogen-bond acceptors (Lipinski definition) is 2. The molecule has 3 heteroatoms. The normalized spacial score (nSPS) is 40.8. The molecule has 2 aliphatic rings. The molecule has 68 valence electrons. The summed E-state index contributed by atoms with van der Waals surface area (Å²) in [5.74, 6) is 1.70. The zero-order chi connectivity index (χ0) is 8.55. The molecule has 3 atom stereocenters. The van der Waals surface area contributed by atoms with Crippen molar-refractivity contribution in [3.63, 3.8) is 0 Å². The Morgan fingerprint density at radius 1 is 1.33 bits per heavy atom. The standard InChI is InChI=1S/C9H14O2S/c10-9(11)8-7-4-2-1-3-6(7)5-12-8/h6-8H,1-5H2,(H,10,11)/t6-,7-,8+/m1/s1. The summed E-state index contributed by atoms with van der Waals surface area (Å²) in [5.41, 5.74) is 0. The molecule has 2 nitrogen and oxygen atoms in total. The van der Waals surface area contributed by atoms with Crippen LogP contribution in [0.5, 0.6) is 0 Å². The molecule has 2 rings (SSSR count). The summed E-state index contributed by atoms with van der Waals surface area (Å²) in [6.45, 7) is 0. The van der Waals surface area contributed by atoms with Gasteiger partial charge in [0.15, 0.2) is 0 Å². The Kier molecular flexibility index (Phi) is 2.31. The predicted molar refractivity (Wildman–Crippen MR) is 49.3 cm³/mol. The Labute approximate surface area is 76.7 Å². The van der Waals surface area contributed by atoms with E-state index >= 15 is 0 Å². The molecule has 0 aromatic carbocycles. The highest BCUT2D eigenvalue weighted by atomic mass is 32.2. The van der Waals surface area contributed by atoms with Gasteiger partial charge in [0.1, 0.15) is 5.25 Å². The molecule has 0 radical (unpaired) electrons. The van der Waals surface area contributed by atoms with Crippen molar-refractivity contribution >= 4 is 17.7 Å². The number of carboxylic acids is 1. The SMILES string of the molecule is O=C(O)[C@H]1SC[C@H]2CCCC[C@H]21. The smallest absolute Gasteiger partial charge is 0.316 e. The van der Waals surface area contributed by atoms with Gasteiger partial charge in [0.05, 0.1) is 0 Å². The summed E-state index contributed by atoms with van der Waals surface area (Å²) >= 11 is 1.66. The third kappa shape index (κ3) is 1.35. The zero-order valence-corrected chi connectivity index (χ0v) is 7.85. The first kappa shape index (κ1) is 8.42. The van der Waals surface area contributed by atoms with Crippen LogP contribution in [0.3, 0.4) is 0 Å². The van der Waals surface area contributed by atoms with Gasteiger partial charge in [-0.1, -0.05) is 12.8 Å². The highest BCUT2D eigenvalue weighted by Crippen LogP contribution is 2.45. The summed E-state index contributed by atoms with van der Waals surface area (Å²) < 4.78 is 0. The molecule has 1 saturated heterocycles. The fourth-order valence-corrected chi connectivity index (χ4v) is 4.06. The largest absolute Gasteiger partial charge is 0.480 e. The minimum atomic E-state index is -0.589. The number of aliphatic carboxylic acids is 1. The van der Waals surface area contributed by atoms with E-state index in [1.54, 1.807) is 11.8 Å². The van der Waals surface area contributed by atoms with Gasteiger partial charge in [-0.05, 0) is 30.4 Å². The average Bonchev–Trinajstić information content (AvgIpc) is 2.47. The molecule has 0 unspecified atom stereocenters. The van der Waals surface area contributed by atoms with Crippen LogP contribution in [-0.4, -0.2) is 22.1 Å². The van der Waals surface area contributed by atoms with Crippen LogP contribution in [0.4, 0.5) is 0 Å². The monoisotopic (exact) mass is 186 g/mol. The molecular weight excluding hydrogens is 172 g/mol. The first-order chi connectivity index (χ1) is 5.79. The second-order valence-corrected chi connectivity index (χ2v) is 4.98. The Balaban J connectivity index is 2.05. The maximum atomic E-state index is 10.8. The van der Waals surface area contributed by atoms with E-state index in [0.717, 1.165) is 12.2 Å². The third-order valence-corrected chi connectivity index (χ3v) is 4.62. The van der Waals surface area contributed by atoms with Crippen molar-refractivity contribution in [1.29, 1.82) is 0 Å². The van der Waals surface area contributed by atoms with Crippen molar-refractivity contribution in [3.8, 4) is 0 Å². The van der Waals surface area contributed by atoms with E-state index in [9.17, 15) is 4.79 Å². The molecule has 0 aromatic heterocycles. The Morgan fingerprint density at radius 3 is 2.83 bits per heavy atom. The van der Waals surface area contributed by atoms with Gasteiger partial charge in [0.2, 0.25) is 0 Å². The van der Waals surface area contributed by atoms with E-state index in [1.807, 2.05) is 0 Å². The van der Waals surface area contributed by atoms with Crippen molar-refractivity contribution in [2.75, 3.05) is 5.75 Å². The van der Waals surface area contributed by atoms with E-state index < -0.39 is 5.97 Å². The number of carbonyl (C=O) groups is 1. The second kappa shape index (κ2) is 3.29. The number of thioether (sulfide) groups is 1. The summed E-state index contributed by atoms with van der Waals surface area (Å²) in [4.78, 5) is 10.8. The number of hydrogen-bond donors (Lipinski definition) is 1. The summed E-state index contributed by atoms with van der Waals surface area (Å²) in [6, 6.07) is 0. The van der Waals surface area contributed by atoms with Gasteiger partial charge < -0.3 is 5.11 Å². The number of rotatable bonds is 1. The lowest BCUT2D eigenvalue weighted by Gasteiger charge is -2.26. The lowest BCUT2D eigenvalue weighted by atomic mass is 9.79. The molecule has 0 spiro atoms. The molecule has 2 fully saturated rings. The summed E-state index contributed by atoms with van der Waals surface area (Å²) in [6.07, 6.45) is 4.97. The van der Waals surface area contributed by atoms with Crippen molar-refractivity contribution in [2.24, 2.45) is 11.8 Å².